The molecule has 84 valence electrons. The van der Waals surface area contributed by atoms with Gasteiger partial charge in [-0.25, -0.2) is 0 Å². The van der Waals surface area contributed by atoms with Gasteiger partial charge in [0, 0.05) is 25.9 Å². The van der Waals surface area contributed by atoms with Gasteiger partial charge in [-0.3, -0.25) is 0 Å². The molecule has 0 aliphatic heterocycles. The molecular weight excluding hydrogens is 258 g/mol. The van der Waals surface area contributed by atoms with Crippen LogP contribution in [0, 0.1) is 0 Å². The summed E-state index contributed by atoms with van der Waals surface area (Å²) < 4.78 is 6.10. The fraction of sp³-hybridized carbons (Fsp3) is 0.455. The highest BCUT2D eigenvalue weighted by Gasteiger charge is 2.04. The fourth-order valence-corrected chi connectivity index (χ4v) is 1.86. The maximum absolute atomic E-state index is 8.74. The van der Waals surface area contributed by atoms with Crippen LogP contribution in [0.25, 0.3) is 0 Å². The number of halogens is 1. The summed E-state index contributed by atoms with van der Waals surface area (Å²) in [6.07, 6.45) is 0.778. The van der Waals surface area contributed by atoms with Gasteiger partial charge < -0.3 is 14.7 Å². The van der Waals surface area contributed by atoms with E-state index in [-0.39, 0.29) is 6.61 Å². The molecule has 0 unspecified atom stereocenters. The molecule has 0 aliphatic rings. The molecule has 3 nitrogen and oxygen atoms in total. The van der Waals surface area contributed by atoms with Crippen LogP contribution in [0.2, 0.25) is 0 Å². The lowest BCUT2D eigenvalue weighted by atomic mass is 10.2. The predicted octanol–water partition coefficient (Wildman–Crippen LogP) is 2.28. The minimum atomic E-state index is 0.224. The second kappa shape index (κ2) is 5.98. The minimum absolute atomic E-state index is 0.224. The maximum atomic E-state index is 8.74. The summed E-state index contributed by atoms with van der Waals surface area (Å²) >= 11 is 3.44. The van der Waals surface area contributed by atoms with Crippen LogP contribution in [-0.2, 0) is 0 Å². The van der Waals surface area contributed by atoms with E-state index in [9.17, 15) is 0 Å². The molecule has 0 radical (unpaired) electrons. The van der Waals surface area contributed by atoms with Gasteiger partial charge in [-0.1, -0.05) is 0 Å². The molecule has 0 saturated heterocycles. The number of anilines is 1. The normalized spacial score (nSPS) is 10.1. The number of nitrogens with zero attached hydrogens (tertiary/aromatic N) is 1. The van der Waals surface area contributed by atoms with Gasteiger partial charge in [0.05, 0.1) is 11.6 Å². The Morgan fingerprint density at radius 1 is 1.47 bits per heavy atom. The molecule has 0 heterocycles. The van der Waals surface area contributed by atoms with Crippen molar-refractivity contribution >= 4 is 21.6 Å². The molecule has 1 N–H and O–H groups in total. The first-order valence-corrected chi connectivity index (χ1v) is 5.64. The van der Waals surface area contributed by atoms with E-state index < -0.39 is 0 Å². The van der Waals surface area contributed by atoms with Crippen molar-refractivity contribution in [2.75, 3.05) is 32.2 Å². The lowest BCUT2D eigenvalue weighted by Crippen LogP contribution is -2.19. The van der Waals surface area contributed by atoms with Crippen molar-refractivity contribution in [2.24, 2.45) is 0 Å². The zero-order chi connectivity index (χ0) is 11.3. The quantitative estimate of drug-likeness (QED) is 0.894. The molecule has 0 spiro atoms. The zero-order valence-electron chi connectivity index (χ0n) is 9.03. The van der Waals surface area contributed by atoms with Crippen molar-refractivity contribution in [1.82, 2.24) is 0 Å². The van der Waals surface area contributed by atoms with Gasteiger partial charge in [0.25, 0.3) is 0 Å². The highest BCUT2D eigenvalue weighted by molar-refractivity contribution is 9.10. The van der Waals surface area contributed by atoms with Crippen LogP contribution < -0.4 is 9.64 Å². The minimum Gasteiger partial charge on any atom is -0.496 e. The van der Waals surface area contributed by atoms with E-state index in [1.807, 2.05) is 25.2 Å². The van der Waals surface area contributed by atoms with Gasteiger partial charge >= 0.3 is 0 Å². The standard InChI is InChI=1S/C11H16BrNO2/c1-13(6-3-7-14)9-4-5-11(15-2)10(12)8-9/h4-5,8,14H,3,6-7H2,1-2H3. The average molecular weight is 274 g/mol. The Labute approximate surface area is 98.8 Å². The van der Waals surface area contributed by atoms with E-state index in [2.05, 4.69) is 20.8 Å². The SMILES string of the molecule is COc1ccc(N(C)CCCO)cc1Br. The summed E-state index contributed by atoms with van der Waals surface area (Å²) in [7, 11) is 3.65. The molecule has 0 aliphatic carbocycles. The number of hydrogen-bond acceptors (Lipinski definition) is 3. The topological polar surface area (TPSA) is 32.7 Å². The van der Waals surface area contributed by atoms with Crippen molar-refractivity contribution in [1.29, 1.82) is 0 Å². The lowest BCUT2D eigenvalue weighted by molar-refractivity contribution is 0.290. The molecule has 0 bridgehead atoms. The molecule has 15 heavy (non-hydrogen) atoms. The Morgan fingerprint density at radius 2 is 2.20 bits per heavy atom. The number of ether oxygens (including phenoxy) is 1. The van der Waals surface area contributed by atoms with Gasteiger partial charge in [-0.15, -0.1) is 0 Å². The first-order valence-electron chi connectivity index (χ1n) is 4.84. The summed E-state index contributed by atoms with van der Waals surface area (Å²) in [5, 5.41) is 8.74. The molecular formula is C11H16BrNO2. The van der Waals surface area contributed by atoms with Crippen LogP contribution in [0.5, 0.6) is 5.75 Å². The van der Waals surface area contributed by atoms with Gasteiger partial charge in [0.15, 0.2) is 0 Å². The number of aliphatic hydroxyl groups is 1. The summed E-state index contributed by atoms with van der Waals surface area (Å²) in [6.45, 7) is 1.07. The zero-order valence-corrected chi connectivity index (χ0v) is 10.6. The Morgan fingerprint density at radius 3 is 2.73 bits per heavy atom. The number of aliphatic hydroxyl groups excluding tert-OH is 1. The van der Waals surface area contributed by atoms with E-state index in [1.165, 1.54) is 0 Å². The van der Waals surface area contributed by atoms with Gasteiger partial charge in [0.1, 0.15) is 5.75 Å². The van der Waals surface area contributed by atoms with Crippen LogP contribution in [0.1, 0.15) is 6.42 Å². The molecule has 4 heteroatoms. The summed E-state index contributed by atoms with van der Waals surface area (Å²) in [6, 6.07) is 5.94. The van der Waals surface area contributed by atoms with Crippen LogP contribution in [0.3, 0.4) is 0 Å². The molecule has 0 aromatic heterocycles. The first kappa shape index (κ1) is 12.3. The monoisotopic (exact) mass is 273 g/mol. The summed E-state index contributed by atoms with van der Waals surface area (Å²) in [4.78, 5) is 2.10. The maximum Gasteiger partial charge on any atom is 0.133 e. The predicted molar refractivity (Wildman–Crippen MR) is 65.7 cm³/mol. The number of methoxy groups -OCH3 is 1. The molecule has 1 rings (SSSR count). The van der Waals surface area contributed by atoms with Crippen molar-refractivity contribution in [2.45, 2.75) is 6.42 Å². The van der Waals surface area contributed by atoms with Crippen molar-refractivity contribution in [3.63, 3.8) is 0 Å². The molecule has 0 saturated carbocycles. The second-order valence-corrected chi connectivity index (χ2v) is 4.17. The van der Waals surface area contributed by atoms with E-state index in [0.717, 1.165) is 28.9 Å². The lowest BCUT2D eigenvalue weighted by Gasteiger charge is -2.19. The van der Waals surface area contributed by atoms with E-state index in [1.54, 1.807) is 7.11 Å². The molecule has 0 fully saturated rings. The highest BCUT2D eigenvalue weighted by atomic mass is 79.9. The van der Waals surface area contributed by atoms with Crippen molar-refractivity contribution in [3.05, 3.63) is 22.7 Å². The Bertz CT molecular complexity index is 317. The highest BCUT2D eigenvalue weighted by Crippen LogP contribution is 2.29. The van der Waals surface area contributed by atoms with E-state index in [4.69, 9.17) is 9.84 Å². The van der Waals surface area contributed by atoms with Crippen LogP contribution in [0.4, 0.5) is 5.69 Å². The number of rotatable bonds is 5. The Hall–Kier alpha value is -0.740. The molecule has 0 amide bonds. The fourth-order valence-electron chi connectivity index (χ4n) is 1.33. The second-order valence-electron chi connectivity index (χ2n) is 3.32. The third-order valence-electron chi connectivity index (χ3n) is 2.23. The Kier molecular flexibility index (Phi) is 4.91. The number of benzene rings is 1. The van der Waals surface area contributed by atoms with Crippen molar-refractivity contribution in [3.8, 4) is 5.75 Å². The first-order chi connectivity index (χ1) is 7.19. The number of hydrogen-bond donors (Lipinski definition) is 1. The molecule has 0 atom stereocenters. The van der Waals surface area contributed by atoms with Gasteiger partial charge in [-0.05, 0) is 40.5 Å². The third-order valence-corrected chi connectivity index (χ3v) is 2.85. The van der Waals surface area contributed by atoms with E-state index >= 15 is 0 Å². The average Bonchev–Trinajstić information content (AvgIpc) is 2.25. The largest absolute Gasteiger partial charge is 0.496 e. The van der Waals surface area contributed by atoms with Crippen LogP contribution in [-0.4, -0.2) is 32.4 Å². The summed E-state index contributed by atoms with van der Waals surface area (Å²) in [5.41, 5.74) is 1.11. The van der Waals surface area contributed by atoms with Gasteiger partial charge in [-0.2, -0.15) is 0 Å². The van der Waals surface area contributed by atoms with Crippen LogP contribution >= 0.6 is 15.9 Å². The smallest absolute Gasteiger partial charge is 0.133 e. The third kappa shape index (κ3) is 3.39. The molecule has 1 aromatic carbocycles. The summed E-state index contributed by atoms with van der Waals surface area (Å²) in [5.74, 6) is 0.828. The Balaban J connectivity index is 2.73. The van der Waals surface area contributed by atoms with Crippen LogP contribution in [0.15, 0.2) is 22.7 Å². The van der Waals surface area contributed by atoms with Gasteiger partial charge in [0.2, 0.25) is 0 Å². The van der Waals surface area contributed by atoms with Crippen molar-refractivity contribution < 1.29 is 9.84 Å². The molecule has 1 aromatic rings. The van der Waals surface area contributed by atoms with E-state index in [0.29, 0.717) is 0 Å².